The summed E-state index contributed by atoms with van der Waals surface area (Å²) in [5.74, 6) is 0. The summed E-state index contributed by atoms with van der Waals surface area (Å²) in [4.78, 5) is 0. The number of benzene rings is 2. The molecule has 2 aromatic rings. The van der Waals surface area contributed by atoms with Crippen molar-refractivity contribution in [1.82, 2.24) is 5.43 Å². The van der Waals surface area contributed by atoms with Crippen molar-refractivity contribution in [2.24, 2.45) is 0 Å². The van der Waals surface area contributed by atoms with Gasteiger partial charge in [0, 0.05) is 5.02 Å². The normalized spacial score (nSPS) is 14.7. The standard InChI is InChI=1S/C16H15ClN2/c1-12-11-19(15-5-3-2-4-6-15)18-16(12)13-7-9-14(17)10-8-13/h2-10,18H,11H2,1H3. The first-order valence-electron chi connectivity index (χ1n) is 6.29. The van der Waals surface area contributed by atoms with Gasteiger partial charge in [-0.3, -0.25) is 10.4 Å². The molecule has 1 aliphatic rings. The molecule has 0 bridgehead atoms. The van der Waals surface area contributed by atoms with Crippen LogP contribution in [-0.4, -0.2) is 6.54 Å². The Hall–Kier alpha value is -1.93. The van der Waals surface area contributed by atoms with Crippen LogP contribution in [0.1, 0.15) is 12.5 Å². The zero-order chi connectivity index (χ0) is 13.2. The molecule has 2 nitrogen and oxygen atoms in total. The lowest BCUT2D eigenvalue weighted by Gasteiger charge is -2.20. The molecule has 0 saturated heterocycles. The van der Waals surface area contributed by atoms with Crippen molar-refractivity contribution in [3.8, 4) is 0 Å². The summed E-state index contributed by atoms with van der Waals surface area (Å²) in [5, 5.41) is 2.92. The Morgan fingerprint density at radius 1 is 1.00 bits per heavy atom. The molecule has 0 aliphatic carbocycles. The van der Waals surface area contributed by atoms with Gasteiger partial charge in [-0.05, 0) is 42.3 Å². The van der Waals surface area contributed by atoms with Gasteiger partial charge >= 0.3 is 0 Å². The SMILES string of the molecule is CC1=C(c2ccc(Cl)cc2)NN(c2ccccc2)C1. The van der Waals surface area contributed by atoms with Gasteiger partial charge in [0.2, 0.25) is 0 Å². The van der Waals surface area contributed by atoms with Gasteiger partial charge < -0.3 is 0 Å². The molecular formula is C16H15ClN2. The number of hydrazine groups is 1. The van der Waals surface area contributed by atoms with Crippen molar-refractivity contribution >= 4 is 23.0 Å². The maximum absolute atomic E-state index is 5.93. The number of halogens is 1. The lowest BCUT2D eigenvalue weighted by Crippen LogP contribution is -2.31. The van der Waals surface area contributed by atoms with Crippen LogP contribution in [0.2, 0.25) is 5.02 Å². The summed E-state index contributed by atoms with van der Waals surface area (Å²) in [6, 6.07) is 18.3. The third-order valence-corrected chi connectivity index (χ3v) is 3.52. The molecule has 0 unspecified atom stereocenters. The fourth-order valence-corrected chi connectivity index (χ4v) is 2.40. The highest BCUT2D eigenvalue weighted by Gasteiger charge is 2.19. The van der Waals surface area contributed by atoms with Crippen LogP contribution in [0.5, 0.6) is 0 Å². The van der Waals surface area contributed by atoms with Crippen LogP contribution in [0.3, 0.4) is 0 Å². The molecule has 1 N–H and O–H groups in total. The van der Waals surface area contributed by atoms with E-state index in [0.29, 0.717) is 0 Å². The molecule has 0 saturated carbocycles. The average molecular weight is 271 g/mol. The minimum Gasteiger partial charge on any atom is -0.297 e. The third-order valence-electron chi connectivity index (χ3n) is 3.27. The van der Waals surface area contributed by atoms with Crippen LogP contribution >= 0.6 is 11.6 Å². The summed E-state index contributed by atoms with van der Waals surface area (Å²) in [7, 11) is 0. The van der Waals surface area contributed by atoms with Crippen molar-refractivity contribution in [1.29, 1.82) is 0 Å². The Balaban J connectivity index is 1.85. The van der Waals surface area contributed by atoms with Crippen LogP contribution in [0, 0.1) is 0 Å². The van der Waals surface area contributed by atoms with Crippen LogP contribution < -0.4 is 10.4 Å². The van der Waals surface area contributed by atoms with E-state index in [1.807, 2.05) is 42.5 Å². The quantitative estimate of drug-likeness (QED) is 0.884. The lowest BCUT2D eigenvalue weighted by molar-refractivity contribution is 0.845. The van der Waals surface area contributed by atoms with Gasteiger partial charge in [-0.1, -0.05) is 41.9 Å². The first-order valence-corrected chi connectivity index (χ1v) is 6.67. The van der Waals surface area contributed by atoms with Gasteiger partial charge in [0.25, 0.3) is 0 Å². The Kier molecular flexibility index (Phi) is 3.18. The molecule has 0 aromatic heterocycles. The minimum absolute atomic E-state index is 0.764. The largest absolute Gasteiger partial charge is 0.297 e. The maximum atomic E-state index is 5.93. The first kappa shape index (κ1) is 12.1. The predicted molar refractivity (Wildman–Crippen MR) is 81.0 cm³/mol. The number of para-hydroxylation sites is 1. The first-order chi connectivity index (χ1) is 9.24. The zero-order valence-corrected chi connectivity index (χ0v) is 11.5. The Bertz CT molecular complexity index is 602. The van der Waals surface area contributed by atoms with Crippen molar-refractivity contribution in [2.75, 3.05) is 11.6 Å². The predicted octanol–water partition coefficient (Wildman–Crippen LogP) is 4.10. The van der Waals surface area contributed by atoms with Crippen LogP contribution in [0.25, 0.3) is 5.70 Å². The molecule has 0 fully saturated rings. The van der Waals surface area contributed by atoms with Crippen molar-refractivity contribution in [3.05, 3.63) is 70.8 Å². The van der Waals surface area contributed by atoms with E-state index in [0.717, 1.165) is 11.6 Å². The average Bonchev–Trinajstić information content (AvgIpc) is 2.83. The van der Waals surface area contributed by atoms with E-state index >= 15 is 0 Å². The number of anilines is 1. The molecule has 2 aromatic carbocycles. The Morgan fingerprint density at radius 2 is 1.68 bits per heavy atom. The number of nitrogens with zero attached hydrogens (tertiary/aromatic N) is 1. The minimum atomic E-state index is 0.764. The Labute approximate surface area is 118 Å². The topological polar surface area (TPSA) is 15.3 Å². The summed E-state index contributed by atoms with van der Waals surface area (Å²) in [5.41, 5.74) is 8.29. The van der Waals surface area contributed by atoms with Crippen molar-refractivity contribution < 1.29 is 0 Å². The monoisotopic (exact) mass is 270 g/mol. The van der Waals surface area contributed by atoms with E-state index in [1.54, 1.807) is 0 Å². The van der Waals surface area contributed by atoms with E-state index < -0.39 is 0 Å². The smallest absolute Gasteiger partial charge is 0.0625 e. The van der Waals surface area contributed by atoms with Crippen molar-refractivity contribution in [2.45, 2.75) is 6.92 Å². The van der Waals surface area contributed by atoms with Crippen LogP contribution in [-0.2, 0) is 0 Å². The third kappa shape index (κ3) is 2.45. The van der Waals surface area contributed by atoms with Gasteiger partial charge in [0.1, 0.15) is 0 Å². The van der Waals surface area contributed by atoms with E-state index in [-0.39, 0.29) is 0 Å². The highest BCUT2D eigenvalue weighted by atomic mass is 35.5. The molecule has 0 spiro atoms. The number of hydrogen-bond donors (Lipinski definition) is 1. The summed E-state index contributed by atoms with van der Waals surface area (Å²) >= 11 is 5.93. The van der Waals surface area contributed by atoms with Gasteiger partial charge in [0.05, 0.1) is 17.9 Å². The zero-order valence-electron chi connectivity index (χ0n) is 10.7. The van der Waals surface area contributed by atoms with E-state index in [4.69, 9.17) is 11.6 Å². The summed E-state index contributed by atoms with van der Waals surface area (Å²) in [6.45, 7) is 3.04. The second kappa shape index (κ2) is 4.98. The van der Waals surface area contributed by atoms with Gasteiger partial charge in [-0.15, -0.1) is 0 Å². The van der Waals surface area contributed by atoms with Crippen LogP contribution in [0.4, 0.5) is 5.69 Å². The highest BCUT2D eigenvalue weighted by molar-refractivity contribution is 6.30. The second-order valence-electron chi connectivity index (χ2n) is 4.70. The number of hydrogen-bond acceptors (Lipinski definition) is 2. The molecular weight excluding hydrogens is 256 g/mol. The molecule has 1 heterocycles. The number of nitrogens with one attached hydrogen (secondary N) is 1. The highest BCUT2D eigenvalue weighted by Crippen LogP contribution is 2.26. The number of rotatable bonds is 2. The molecule has 1 aliphatic heterocycles. The second-order valence-corrected chi connectivity index (χ2v) is 5.13. The van der Waals surface area contributed by atoms with Crippen molar-refractivity contribution in [3.63, 3.8) is 0 Å². The van der Waals surface area contributed by atoms with Gasteiger partial charge in [0.15, 0.2) is 0 Å². The Morgan fingerprint density at radius 3 is 2.37 bits per heavy atom. The molecule has 0 amide bonds. The lowest BCUT2D eigenvalue weighted by atomic mass is 10.1. The molecule has 3 heteroatoms. The van der Waals surface area contributed by atoms with E-state index in [9.17, 15) is 0 Å². The molecule has 96 valence electrons. The molecule has 19 heavy (non-hydrogen) atoms. The summed E-state index contributed by atoms with van der Waals surface area (Å²) in [6.07, 6.45) is 0. The van der Waals surface area contributed by atoms with Gasteiger partial charge in [-0.2, -0.15) is 0 Å². The summed E-state index contributed by atoms with van der Waals surface area (Å²) < 4.78 is 0. The molecule has 0 radical (unpaired) electrons. The molecule has 0 atom stereocenters. The van der Waals surface area contributed by atoms with E-state index in [1.165, 1.54) is 22.5 Å². The van der Waals surface area contributed by atoms with Gasteiger partial charge in [-0.25, -0.2) is 0 Å². The molecule has 3 rings (SSSR count). The fourth-order valence-electron chi connectivity index (χ4n) is 2.28. The fraction of sp³-hybridized carbons (Fsp3) is 0.125. The maximum Gasteiger partial charge on any atom is 0.0625 e. The van der Waals surface area contributed by atoms with Crippen LogP contribution in [0.15, 0.2) is 60.2 Å². The van der Waals surface area contributed by atoms with E-state index in [2.05, 4.69) is 29.5 Å².